The number of nitrogens with one attached hydrogen (secondary N) is 1. The Hall–Kier alpha value is -0.696. The van der Waals surface area contributed by atoms with E-state index in [1.165, 1.54) is 0 Å². The van der Waals surface area contributed by atoms with E-state index in [9.17, 15) is 4.79 Å². The third-order valence-corrected chi connectivity index (χ3v) is 3.39. The average Bonchev–Trinajstić information content (AvgIpc) is 2.38. The molecule has 0 spiro atoms. The first-order valence-electron chi connectivity index (χ1n) is 6.51. The first-order chi connectivity index (χ1) is 9.56. The second-order valence-corrected chi connectivity index (χ2v) is 6.79. The molecule has 24 heavy (non-hydrogen) atoms. The van der Waals surface area contributed by atoms with E-state index >= 15 is 0 Å². The number of ketones is 1. The van der Waals surface area contributed by atoms with E-state index in [1.807, 2.05) is 48.5 Å². The second kappa shape index (κ2) is 13.6. The van der Waals surface area contributed by atoms with Crippen LogP contribution in [0.5, 0.6) is 5.75 Å². The molecule has 0 aliphatic rings. The molecule has 0 aliphatic heterocycles. The predicted octanol–water partition coefficient (Wildman–Crippen LogP) is 5.61. The number of hydrogen-bond donors (Lipinski definition) is 1. The van der Waals surface area contributed by atoms with Crippen LogP contribution in [0.3, 0.4) is 0 Å². The minimum Gasteiger partial charge on any atom is -0.543 e. The van der Waals surface area contributed by atoms with E-state index in [-0.39, 0.29) is 69.8 Å². The van der Waals surface area contributed by atoms with Gasteiger partial charge in [-0.25, -0.2) is 0 Å². The first kappa shape index (κ1) is 28.1. The topological polar surface area (TPSA) is 38.3 Å². The molecule has 5 heteroatoms. The molecule has 0 fully saturated rings. The smallest absolute Gasteiger partial charge is 0.543 e. The van der Waals surface area contributed by atoms with Crippen molar-refractivity contribution in [3.63, 3.8) is 0 Å². The summed E-state index contributed by atoms with van der Waals surface area (Å²) in [6.07, 6.45) is 0. The molecule has 0 saturated heterocycles. The Bertz CT molecular complexity index is 618. The fourth-order valence-corrected chi connectivity index (χ4v) is 2.53. The van der Waals surface area contributed by atoms with Crippen LogP contribution in [0, 0.1) is 64.0 Å². The van der Waals surface area contributed by atoms with E-state index in [1.54, 1.807) is 6.92 Å². The van der Waals surface area contributed by atoms with Gasteiger partial charge in [0.2, 0.25) is 0 Å². The average molecular weight is 470 g/mol. The van der Waals surface area contributed by atoms with E-state index in [2.05, 4.69) is 18.4 Å². The molecule has 0 heterocycles. The van der Waals surface area contributed by atoms with Gasteiger partial charge < -0.3 is 32.0 Å². The number of benzene rings is 2. The van der Waals surface area contributed by atoms with Crippen LogP contribution in [0.2, 0.25) is 13.1 Å². The molecule has 128 valence electrons. The van der Waals surface area contributed by atoms with E-state index < -0.39 is 9.04 Å². The molecule has 0 bridgehead atoms. The van der Waals surface area contributed by atoms with Crippen LogP contribution < -0.4 is 9.74 Å². The molecule has 2 aromatic carbocycles. The summed E-state index contributed by atoms with van der Waals surface area (Å²) in [6, 6.07) is 15.3. The number of para-hydroxylation sites is 1. The van der Waals surface area contributed by atoms with Crippen LogP contribution in [0.1, 0.15) is 17.3 Å². The Morgan fingerprint density at radius 1 is 1.00 bits per heavy atom. The van der Waals surface area contributed by atoms with Crippen molar-refractivity contribution in [1.82, 2.24) is 0 Å². The van der Waals surface area contributed by atoms with Gasteiger partial charge in [-0.15, -0.1) is 0 Å². The molecule has 0 atom stereocenters. The Kier molecular flexibility index (Phi) is 15.9. The number of carbonyl (C=O) groups excluding carboxylic acids is 1. The number of hydrogen-bond acceptors (Lipinski definition) is 3. The van der Waals surface area contributed by atoms with Crippen molar-refractivity contribution in [2.45, 2.75) is 20.0 Å². The van der Waals surface area contributed by atoms with Crippen molar-refractivity contribution in [1.29, 1.82) is 0 Å². The van der Waals surface area contributed by atoms with E-state index in [4.69, 9.17) is 4.43 Å². The summed E-state index contributed by atoms with van der Waals surface area (Å²) >= 11 is 0. The van der Waals surface area contributed by atoms with Crippen LogP contribution >= 0.6 is 0 Å². The van der Waals surface area contributed by atoms with Crippen LogP contribution in [-0.4, -0.2) is 14.8 Å². The molecular weight excluding hydrogens is 442 g/mol. The maximum absolute atomic E-state index is 11.6. The molecule has 0 amide bonds. The summed E-state index contributed by atoms with van der Waals surface area (Å²) in [4.78, 5) is 11.6. The third kappa shape index (κ3) is 8.42. The summed E-state index contributed by atoms with van der Waals surface area (Å²) in [5, 5.41) is 3.28. The maximum atomic E-state index is 11.6. The number of rotatable bonds is 5. The van der Waals surface area contributed by atoms with Crippen molar-refractivity contribution in [2.75, 3.05) is 5.32 Å². The minimum absolute atomic E-state index is 0. The molecule has 0 aromatic heterocycles. The van der Waals surface area contributed by atoms with Crippen LogP contribution in [0.25, 0.3) is 0 Å². The summed E-state index contributed by atoms with van der Waals surface area (Å²) in [5.41, 5.74) is 2.42. The Labute approximate surface area is 183 Å². The van der Waals surface area contributed by atoms with Crippen LogP contribution in [0.4, 0.5) is 11.4 Å². The Morgan fingerprint density at radius 2 is 1.62 bits per heavy atom. The van der Waals surface area contributed by atoms with E-state index in [0.29, 0.717) is 5.56 Å². The Morgan fingerprint density at radius 3 is 2.21 bits per heavy atom. The standard InChI is InChI=1S/C16H18NO2Si.3CH3.Ce/c1-12(18)15-9-4-5-10-16(15)17-13-7-6-8-14(11-13)19-20(2)3;;;;/h4-11,17H,1-3H3;3*1H3;/q;3*-1;+3. The molecule has 2 aromatic rings. The van der Waals surface area contributed by atoms with Gasteiger partial charge in [0.05, 0.1) is 0 Å². The largest absolute Gasteiger partial charge is 3.00 e. The maximum Gasteiger partial charge on any atom is 3.00 e. The molecule has 1 N–H and O–H groups in total. The number of Topliss-reactive ketones (excluding diaryl/α,β-unsaturated/α-hetero) is 1. The van der Waals surface area contributed by atoms with Crippen molar-refractivity contribution < 1.29 is 51.0 Å². The number of anilines is 2. The zero-order valence-corrected chi connectivity index (χ0v) is 19.6. The predicted molar refractivity (Wildman–Crippen MR) is 104 cm³/mol. The second-order valence-electron chi connectivity index (χ2n) is 4.76. The quantitative estimate of drug-likeness (QED) is 0.351. The SMILES string of the molecule is CC(=O)c1ccccc1Nc1cccc(O[Si](C)C)c1.[CH3-].[CH3-].[CH3-].[Ce+3]. The third-order valence-electron chi connectivity index (χ3n) is 2.74. The van der Waals surface area contributed by atoms with Gasteiger partial charge >= 0.3 is 41.7 Å². The zero-order chi connectivity index (χ0) is 14.5. The fourth-order valence-electron chi connectivity index (χ4n) is 1.93. The number of carbonyl (C=O) groups is 1. The van der Waals surface area contributed by atoms with Gasteiger partial charge in [-0.1, -0.05) is 18.2 Å². The van der Waals surface area contributed by atoms with Gasteiger partial charge in [0.25, 0.3) is 9.04 Å². The van der Waals surface area contributed by atoms with Crippen molar-refractivity contribution >= 4 is 26.2 Å². The van der Waals surface area contributed by atoms with Gasteiger partial charge in [0.15, 0.2) is 5.78 Å². The van der Waals surface area contributed by atoms with E-state index in [0.717, 1.165) is 17.1 Å². The molecule has 0 unspecified atom stereocenters. The molecule has 2 rings (SSSR count). The van der Waals surface area contributed by atoms with Crippen molar-refractivity contribution in [3.05, 3.63) is 76.4 Å². The molecular formula is C19H27CeNO2Si. The molecule has 0 saturated carbocycles. The minimum atomic E-state index is -0.779. The summed E-state index contributed by atoms with van der Waals surface area (Å²) in [5.74, 6) is 0.905. The van der Waals surface area contributed by atoms with Crippen LogP contribution in [-0.2, 0) is 0 Å². The van der Waals surface area contributed by atoms with Crippen molar-refractivity contribution in [2.24, 2.45) is 0 Å². The van der Waals surface area contributed by atoms with Gasteiger partial charge in [-0.05, 0) is 44.3 Å². The van der Waals surface area contributed by atoms with Gasteiger partial charge in [0, 0.05) is 23.0 Å². The first-order valence-corrected chi connectivity index (χ1v) is 8.92. The molecule has 2 radical (unpaired) electrons. The summed E-state index contributed by atoms with van der Waals surface area (Å²) < 4.78 is 5.77. The molecule has 3 nitrogen and oxygen atoms in total. The van der Waals surface area contributed by atoms with Gasteiger partial charge in [-0.2, -0.15) is 0 Å². The monoisotopic (exact) mass is 469 g/mol. The zero-order valence-electron chi connectivity index (χ0n) is 15.4. The summed E-state index contributed by atoms with van der Waals surface area (Å²) in [7, 11) is -0.779. The van der Waals surface area contributed by atoms with Gasteiger partial charge in [0.1, 0.15) is 5.75 Å². The molecule has 0 aliphatic carbocycles. The Balaban J connectivity index is -0.00000110. The normalized spacial score (nSPS) is 8.67. The van der Waals surface area contributed by atoms with Gasteiger partial charge in [-0.3, -0.25) is 4.79 Å². The van der Waals surface area contributed by atoms with Crippen molar-refractivity contribution in [3.8, 4) is 5.75 Å². The summed E-state index contributed by atoms with van der Waals surface area (Å²) in [6.45, 7) is 5.76. The van der Waals surface area contributed by atoms with Crippen LogP contribution in [0.15, 0.2) is 48.5 Å². The fraction of sp³-hybridized carbons (Fsp3) is 0.158.